The molecule has 0 atom stereocenters. The minimum atomic E-state index is 0. The third-order valence-corrected chi connectivity index (χ3v) is 0.749. The largest absolute Gasteiger partial charge is 1.00 e. The summed E-state index contributed by atoms with van der Waals surface area (Å²) < 4.78 is 0. The first-order valence-electron chi connectivity index (χ1n) is 2.11. The monoisotopic (exact) mass is 191 g/mol. The zero-order valence-electron chi connectivity index (χ0n) is 5.05. The minimum Gasteiger partial charge on any atom is -1.00 e. The fraction of sp³-hybridized carbons (Fsp3) is 0. The van der Waals surface area contributed by atoms with Gasteiger partial charge in [0.05, 0.1) is 0 Å². The Morgan fingerprint density at radius 3 is 1.89 bits per heavy atom. The van der Waals surface area contributed by atoms with Gasteiger partial charge >= 0.3 is 0 Å². The molecular formula is C6H6ClNZn-. The Hall–Kier alpha value is -0.0666. The Kier molecular flexibility index (Phi) is 7.87. The minimum absolute atomic E-state index is 0. The van der Waals surface area contributed by atoms with Crippen LogP contribution in [0.5, 0.6) is 0 Å². The van der Waals surface area contributed by atoms with Gasteiger partial charge in [-0.05, 0) is 17.7 Å². The van der Waals surface area contributed by atoms with Crippen molar-refractivity contribution in [1.29, 1.82) is 0 Å². The van der Waals surface area contributed by atoms with Crippen LogP contribution in [0.4, 0.5) is 0 Å². The van der Waals surface area contributed by atoms with Gasteiger partial charge in [0.25, 0.3) is 0 Å². The van der Waals surface area contributed by atoms with Gasteiger partial charge in [-0.25, -0.2) is 0 Å². The summed E-state index contributed by atoms with van der Waals surface area (Å²) in [5, 5.41) is 3.81. The van der Waals surface area contributed by atoms with Gasteiger partial charge in [-0.2, -0.15) is 0 Å². The van der Waals surface area contributed by atoms with E-state index < -0.39 is 0 Å². The van der Waals surface area contributed by atoms with Crippen molar-refractivity contribution in [2.24, 2.45) is 0 Å². The summed E-state index contributed by atoms with van der Waals surface area (Å²) in [5.41, 5.74) is 1.01. The molecule has 0 amide bonds. The molecule has 0 unspecified atom stereocenters. The van der Waals surface area contributed by atoms with Crippen LogP contribution in [0.2, 0.25) is 0 Å². The maximum atomic E-state index is 3.81. The first-order chi connectivity index (χ1) is 3.39. The van der Waals surface area contributed by atoms with Gasteiger partial charge in [-0.15, -0.1) is 0 Å². The number of hydrogen-bond donors (Lipinski definition) is 0. The molecular weight excluding hydrogens is 187 g/mol. The summed E-state index contributed by atoms with van der Waals surface area (Å²) in [4.78, 5) is 0. The SMILES string of the molecule is C=C1C=C[N]C=C1.[Cl-].[Zn]. The van der Waals surface area contributed by atoms with E-state index >= 15 is 0 Å². The predicted molar refractivity (Wildman–Crippen MR) is 29.6 cm³/mol. The van der Waals surface area contributed by atoms with Crippen molar-refractivity contribution in [3.05, 3.63) is 36.7 Å². The van der Waals surface area contributed by atoms with E-state index in [9.17, 15) is 0 Å². The summed E-state index contributed by atoms with van der Waals surface area (Å²) >= 11 is 0. The predicted octanol–water partition coefficient (Wildman–Crippen LogP) is -1.81. The molecule has 0 bridgehead atoms. The van der Waals surface area contributed by atoms with Crippen LogP contribution < -0.4 is 17.7 Å². The molecule has 0 saturated carbocycles. The first-order valence-corrected chi connectivity index (χ1v) is 2.11. The standard InChI is InChI=1S/C6H6N.ClH.Zn/c1-6-2-4-7-5-3-6;;/h2-5H,1H2;1H;/p-1. The number of allylic oxidation sites excluding steroid dienone is 3. The van der Waals surface area contributed by atoms with Gasteiger partial charge in [0.1, 0.15) is 0 Å². The van der Waals surface area contributed by atoms with E-state index in [1.807, 2.05) is 12.2 Å². The van der Waals surface area contributed by atoms with Gasteiger partial charge in [0.15, 0.2) is 0 Å². The van der Waals surface area contributed by atoms with E-state index in [0.29, 0.717) is 0 Å². The first kappa shape index (κ1) is 11.7. The van der Waals surface area contributed by atoms with E-state index in [1.54, 1.807) is 12.4 Å². The van der Waals surface area contributed by atoms with Crippen LogP contribution in [0.15, 0.2) is 36.7 Å². The molecule has 0 aromatic heterocycles. The average molecular weight is 193 g/mol. The molecule has 9 heavy (non-hydrogen) atoms. The van der Waals surface area contributed by atoms with Crippen molar-refractivity contribution in [1.82, 2.24) is 5.32 Å². The van der Waals surface area contributed by atoms with Crippen molar-refractivity contribution in [2.45, 2.75) is 0 Å². The number of rotatable bonds is 0. The van der Waals surface area contributed by atoms with Crippen LogP contribution in [0, 0.1) is 0 Å². The van der Waals surface area contributed by atoms with Crippen molar-refractivity contribution in [2.75, 3.05) is 0 Å². The van der Waals surface area contributed by atoms with Gasteiger partial charge < -0.3 is 12.4 Å². The molecule has 0 fully saturated rings. The van der Waals surface area contributed by atoms with E-state index in [-0.39, 0.29) is 31.9 Å². The van der Waals surface area contributed by atoms with E-state index in [1.165, 1.54) is 0 Å². The smallest absolute Gasteiger partial charge is 0.0273 e. The molecule has 0 saturated heterocycles. The van der Waals surface area contributed by atoms with Crippen molar-refractivity contribution < 1.29 is 31.9 Å². The molecule has 1 aliphatic heterocycles. The fourth-order valence-electron chi connectivity index (χ4n) is 0.383. The van der Waals surface area contributed by atoms with Gasteiger partial charge in [0.2, 0.25) is 0 Å². The molecule has 1 heterocycles. The Bertz CT molecular complexity index is 126. The average Bonchev–Trinajstić information content (AvgIpc) is 1.69. The zero-order chi connectivity index (χ0) is 5.11. The molecule has 45 valence electrons. The van der Waals surface area contributed by atoms with Crippen LogP contribution in [-0.4, -0.2) is 0 Å². The van der Waals surface area contributed by atoms with Crippen LogP contribution in [0.1, 0.15) is 0 Å². The summed E-state index contributed by atoms with van der Waals surface area (Å²) in [6, 6.07) is 0. The fourth-order valence-corrected chi connectivity index (χ4v) is 0.383. The molecule has 1 aliphatic rings. The molecule has 1 radical (unpaired) electrons. The van der Waals surface area contributed by atoms with Gasteiger partial charge in [-0.3, -0.25) is 5.32 Å². The van der Waals surface area contributed by atoms with Crippen LogP contribution in [0.25, 0.3) is 0 Å². The topological polar surface area (TPSA) is 14.1 Å². The summed E-state index contributed by atoms with van der Waals surface area (Å²) in [7, 11) is 0. The Labute approximate surface area is 74.1 Å². The second-order valence-electron chi connectivity index (χ2n) is 1.36. The molecule has 0 N–H and O–H groups in total. The second-order valence-corrected chi connectivity index (χ2v) is 1.36. The Morgan fingerprint density at radius 2 is 1.67 bits per heavy atom. The molecule has 0 spiro atoms. The molecule has 1 nitrogen and oxygen atoms in total. The second kappa shape index (κ2) is 6.06. The number of hydrogen-bond acceptors (Lipinski definition) is 0. The molecule has 1 rings (SSSR count). The molecule has 0 aromatic carbocycles. The van der Waals surface area contributed by atoms with Gasteiger partial charge in [0, 0.05) is 31.9 Å². The summed E-state index contributed by atoms with van der Waals surface area (Å²) in [6.07, 6.45) is 7.17. The van der Waals surface area contributed by atoms with E-state index in [2.05, 4.69) is 11.9 Å². The van der Waals surface area contributed by atoms with Crippen LogP contribution >= 0.6 is 0 Å². The van der Waals surface area contributed by atoms with E-state index in [4.69, 9.17) is 0 Å². The van der Waals surface area contributed by atoms with Crippen LogP contribution in [-0.2, 0) is 19.5 Å². The maximum absolute atomic E-state index is 3.81. The van der Waals surface area contributed by atoms with Crippen molar-refractivity contribution in [3.8, 4) is 0 Å². The normalized spacial score (nSPS) is 13.1. The van der Waals surface area contributed by atoms with Crippen molar-refractivity contribution in [3.63, 3.8) is 0 Å². The van der Waals surface area contributed by atoms with Gasteiger partial charge in [-0.1, -0.05) is 6.58 Å². The number of halogens is 1. The van der Waals surface area contributed by atoms with Crippen LogP contribution in [0.3, 0.4) is 0 Å². The van der Waals surface area contributed by atoms with E-state index in [0.717, 1.165) is 5.57 Å². The molecule has 3 heteroatoms. The Morgan fingerprint density at radius 1 is 1.22 bits per heavy atom. The maximum Gasteiger partial charge on any atom is 0.0273 e. The zero-order valence-corrected chi connectivity index (χ0v) is 8.77. The Balaban J connectivity index is 0. The third-order valence-electron chi connectivity index (χ3n) is 0.749. The van der Waals surface area contributed by atoms with Crippen molar-refractivity contribution >= 4 is 0 Å². The third kappa shape index (κ3) is 4.44. The summed E-state index contributed by atoms with van der Waals surface area (Å²) in [5.74, 6) is 0. The molecule has 0 aliphatic carbocycles. The quantitative estimate of drug-likeness (QED) is 0.402. The summed E-state index contributed by atoms with van der Waals surface area (Å²) in [6.45, 7) is 3.68. The molecule has 0 aromatic rings. The number of nitrogens with zero attached hydrogens (tertiary/aromatic N) is 1.